The molecule has 138 valence electrons. The Labute approximate surface area is 160 Å². The van der Waals surface area contributed by atoms with Crippen LogP contribution in [0.1, 0.15) is 5.82 Å². The summed E-state index contributed by atoms with van der Waals surface area (Å²) in [6.45, 7) is 4.68. The summed E-state index contributed by atoms with van der Waals surface area (Å²) in [5, 5.41) is 11.7. The molecule has 4 rings (SSSR count). The van der Waals surface area contributed by atoms with Crippen LogP contribution in [0.25, 0.3) is 10.6 Å². The second-order valence-electron chi connectivity index (χ2n) is 6.19. The van der Waals surface area contributed by atoms with E-state index in [0.717, 1.165) is 41.0 Å². The highest BCUT2D eigenvalue weighted by molar-refractivity contribution is 7.12. The van der Waals surface area contributed by atoms with Gasteiger partial charge in [-0.1, -0.05) is 11.3 Å². The van der Waals surface area contributed by atoms with E-state index in [1.807, 2.05) is 42.2 Å². The number of benzene rings is 1. The molecule has 1 aliphatic heterocycles. The van der Waals surface area contributed by atoms with Crippen LogP contribution in [0.4, 0.5) is 16.3 Å². The van der Waals surface area contributed by atoms with Crippen molar-refractivity contribution in [3.05, 3.63) is 47.9 Å². The van der Waals surface area contributed by atoms with Gasteiger partial charge in [-0.15, -0.1) is 10.2 Å². The van der Waals surface area contributed by atoms with Crippen molar-refractivity contribution in [3.8, 4) is 10.6 Å². The van der Waals surface area contributed by atoms with Crippen molar-refractivity contribution in [1.82, 2.24) is 25.1 Å². The average molecular weight is 381 g/mol. The molecule has 1 aliphatic rings. The maximum Gasteiger partial charge on any atom is 0.321 e. The second-order valence-corrected chi connectivity index (χ2v) is 7.02. The average Bonchev–Trinajstić information content (AvgIpc) is 3.23. The molecule has 0 unspecified atom stereocenters. The minimum absolute atomic E-state index is 0.0859. The van der Waals surface area contributed by atoms with Gasteiger partial charge in [-0.2, -0.15) is 0 Å². The van der Waals surface area contributed by atoms with Crippen molar-refractivity contribution >= 4 is 28.9 Å². The van der Waals surface area contributed by atoms with Crippen LogP contribution < -0.4 is 10.2 Å². The topological polar surface area (TPSA) is 87.1 Å². The molecule has 1 fully saturated rings. The molecule has 9 heteroatoms. The fourth-order valence-corrected chi connectivity index (χ4v) is 3.52. The van der Waals surface area contributed by atoms with E-state index in [1.165, 1.54) is 11.3 Å². The van der Waals surface area contributed by atoms with E-state index >= 15 is 0 Å². The lowest BCUT2D eigenvalue weighted by Crippen LogP contribution is -2.50. The third kappa shape index (κ3) is 4.03. The Kier molecular flexibility index (Phi) is 4.93. The van der Waals surface area contributed by atoms with Gasteiger partial charge in [0.25, 0.3) is 0 Å². The van der Waals surface area contributed by atoms with Gasteiger partial charge in [0.2, 0.25) is 0 Å². The summed E-state index contributed by atoms with van der Waals surface area (Å²) in [6.07, 6.45) is 1.77. The van der Waals surface area contributed by atoms with E-state index in [4.69, 9.17) is 0 Å². The molecule has 3 aromatic rings. The maximum atomic E-state index is 12.5. The van der Waals surface area contributed by atoms with Gasteiger partial charge < -0.3 is 15.1 Å². The Hall–Kier alpha value is -3.07. The lowest BCUT2D eigenvalue weighted by Gasteiger charge is -2.35. The Morgan fingerprint density at radius 3 is 2.56 bits per heavy atom. The number of nitrogens with zero attached hydrogens (tertiary/aromatic N) is 6. The van der Waals surface area contributed by atoms with Crippen molar-refractivity contribution in [2.45, 2.75) is 6.92 Å². The number of hydrogen-bond donors (Lipinski definition) is 1. The van der Waals surface area contributed by atoms with Gasteiger partial charge in [-0.05, 0) is 37.3 Å². The van der Waals surface area contributed by atoms with Crippen LogP contribution in [0.5, 0.6) is 0 Å². The van der Waals surface area contributed by atoms with Crippen LogP contribution in [0.3, 0.4) is 0 Å². The molecule has 27 heavy (non-hydrogen) atoms. The molecule has 0 atom stereocenters. The Morgan fingerprint density at radius 1 is 1.11 bits per heavy atom. The van der Waals surface area contributed by atoms with E-state index in [1.54, 1.807) is 11.7 Å². The van der Waals surface area contributed by atoms with Gasteiger partial charge in [0.15, 0.2) is 0 Å². The van der Waals surface area contributed by atoms with E-state index in [2.05, 4.69) is 30.4 Å². The molecular formula is C18H19N7OS. The number of carbonyl (C=O) groups is 1. The molecule has 0 radical (unpaired) electrons. The summed E-state index contributed by atoms with van der Waals surface area (Å²) in [4.78, 5) is 25.1. The van der Waals surface area contributed by atoms with Crippen LogP contribution >= 0.6 is 11.3 Å². The molecule has 1 aromatic carbocycles. The van der Waals surface area contributed by atoms with E-state index in [9.17, 15) is 4.79 Å². The van der Waals surface area contributed by atoms with Gasteiger partial charge in [0, 0.05) is 43.6 Å². The fourth-order valence-electron chi connectivity index (χ4n) is 2.96. The number of rotatable bonds is 3. The standard InChI is InChI=1S/C18H19N7OS/c1-13-19-7-6-16(21-13)24-8-10-25(11-9-24)18(26)22-15-4-2-14(3-5-15)17-23-20-12-27-17/h2-7,12H,8-11H2,1H3,(H,22,26). The summed E-state index contributed by atoms with van der Waals surface area (Å²) >= 11 is 1.49. The number of amides is 2. The first kappa shape index (κ1) is 17.3. The molecule has 0 aliphatic carbocycles. The maximum absolute atomic E-state index is 12.5. The molecule has 0 saturated carbocycles. The zero-order valence-electron chi connectivity index (χ0n) is 14.9. The Bertz CT molecular complexity index is 906. The van der Waals surface area contributed by atoms with E-state index in [0.29, 0.717) is 13.1 Å². The van der Waals surface area contributed by atoms with Crippen LogP contribution in [0.15, 0.2) is 42.0 Å². The lowest BCUT2D eigenvalue weighted by molar-refractivity contribution is 0.208. The number of anilines is 2. The number of piperazine rings is 1. The number of hydrogen-bond acceptors (Lipinski definition) is 7. The molecular weight excluding hydrogens is 362 g/mol. The Morgan fingerprint density at radius 2 is 1.89 bits per heavy atom. The first-order valence-corrected chi connectivity index (χ1v) is 9.54. The normalized spacial score (nSPS) is 14.3. The largest absolute Gasteiger partial charge is 0.353 e. The van der Waals surface area contributed by atoms with Crippen molar-refractivity contribution in [1.29, 1.82) is 0 Å². The number of nitrogens with one attached hydrogen (secondary N) is 1. The molecule has 2 amide bonds. The van der Waals surface area contributed by atoms with Crippen LogP contribution in [-0.4, -0.2) is 57.3 Å². The Balaban J connectivity index is 1.33. The van der Waals surface area contributed by atoms with Crippen molar-refractivity contribution in [2.75, 3.05) is 36.4 Å². The predicted octanol–water partition coefficient (Wildman–Crippen LogP) is 2.66. The zero-order valence-corrected chi connectivity index (χ0v) is 15.7. The SMILES string of the molecule is Cc1nccc(N2CCN(C(=O)Nc3ccc(-c4nncs4)cc3)CC2)n1. The van der Waals surface area contributed by atoms with Crippen LogP contribution in [-0.2, 0) is 0 Å². The van der Waals surface area contributed by atoms with Crippen molar-refractivity contribution in [3.63, 3.8) is 0 Å². The summed E-state index contributed by atoms with van der Waals surface area (Å²) < 4.78 is 0. The van der Waals surface area contributed by atoms with E-state index in [-0.39, 0.29) is 6.03 Å². The van der Waals surface area contributed by atoms with Gasteiger partial charge in [0.1, 0.15) is 22.2 Å². The quantitative estimate of drug-likeness (QED) is 0.750. The van der Waals surface area contributed by atoms with Crippen LogP contribution in [0, 0.1) is 6.92 Å². The van der Waals surface area contributed by atoms with Crippen LogP contribution in [0.2, 0.25) is 0 Å². The van der Waals surface area contributed by atoms with Gasteiger partial charge in [-0.3, -0.25) is 0 Å². The number of aromatic nitrogens is 4. The van der Waals surface area contributed by atoms with Gasteiger partial charge >= 0.3 is 6.03 Å². The fraction of sp³-hybridized carbons (Fsp3) is 0.278. The lowest BCUT2D eigenvalue weighted by atomic mass is 10.2. The number of carbonyl (C=O) groups excluding carboxylic acids is 1. The predicted molar refractivity (Wildman–Crippen MR) is 105 cm³/mol. The highest BCUT2D eigenvalue weighted by Crippen LogP contribution is 2.22. The molecule has 0 spiro atoms. The van der Waals surface area contributed by atoms with Crippen molar-refractivity contribution < 1.29 is 4.79 Å². The first-order valence-electron chi connectivity index (χ1n) is 8.66. The highest BCUT2D eigenvalue weighted by Gasteiger charge is 2.22. The van der Waals surface area contributed by atoms with Gasteiger partial charge in [-0.25, -0.2) is 14.8 Å². The minimum Gasteiger partial charge on any atom is -0.353 e. The molecule has 8 nitrogen and oxygen atoms in total. The summed E-state index contributed by atoms with van der Waals surface area (Å²) in [6, 6.07) is 9.46. The van der Waals surface area contributed by atoms with E-state index < -0.39 is 0 Å². The molecule has 1 saturated heterocycles. The molecule has 0 bridgehead atoms. The summed E-state index contributed by atoms with van der Waals surface area (Å²) in [7, 11) is 0. The highest BCUT2D eigenvalue weighted by atomic mass is 32.1. The summed E-state index contributed by atoms with van der Waals surface area (Å²) in [5.41, 5.74) is 3.46. The molecule has 1 N–H and O–H groups in total. The second kappa shape index (κ2) is 7.67. The van der Waals surface area contributed by atoms with Gasteiger partial charge in [0.05, 0.1) is 0 Å². The third-order valence-corrected chi connectivity index (χ3v) is 5.14. The third-order valence-electron chi connectivity index (χ3n) is 4.40. The monoisotopic (exact) mass is 381 g/mol. The van der Waals surface area contributed by atoms with Crippen molar-refractivity contribution in [2.24, 2.45) is 0 Å². The smallest absolute Gasteiger partial charge is 0.321 e. The number of urea groups is 1. The molecule has 3 heterocycles. The number of aryl methyl sites for hydroxylation is 1. The molecule has 2 aromatic heterocycles. The zero-order chi connectivity index (χ0) is 18.6. The summed E-state index contributed by atoms with van der Waals surface area (Å²) in [5.74, 6) is 1.67. The first-order chi connectivity index (χ1) is 13.2. The minimum atomic E-state index is -0.0859.